The van der Waals surface area contributed by atoms with Crippen molar-refractivity contribution >= 4 is 17.5 Å². The minimum Gasteiger partial charge on any atom is -0.377 e. The molecule has 0 aliphatic carbocycles. The van der Waals surface area contributed by atoms with Crippen LogP contribution < -0.4 is 0 Å². The molecule has 1 heterocycles. The summed E-state index contributed by atoms with van der Waals surface area (Å²) in [4.78, 5) is 21.1. The van der Waals surface area contributed by atoms with Gasteiger partial charge in [-0.15, -0.1) is 0 Å². The standard InChI is InChI=1S/C12H11NO4/c14-8-10-7-11(13(15)16)1-2-12(10)9-3-5-17-6-4-9/h1-3,7-8H,4-6H2. The number of nitro benzene ring substituents is 1. The lowest BCUT2D eigenvalue weighted by molar-refractivity contribution is -0.384. The number of nitro groups is 1. The lowest BCUT2D eigenvalue weighted by atomic mass is 9.96. The molecule has 0 saturated heterocycles. The quantitative estimate of drug-likeness (QED) is 0.456. The van der Waals surface area contributed by atoms with Crippen molar-refractivity contribution in [2.45, 2.75) is 6.42 Å². The average molecular weight is 233 g/mol. The van der Waals surface area contributed by atoms with Gasteiger partial charge < -0.3 is 4.74 Å². The second kappa shape index (κ2) is 4.88. The molecule has 88 valence electrons. The Labute approximate surface area is 97.9 Å². The summed E-state index contributed by atoms with van der Waals surface area (Å²) in [6, 6.07) is 4.34. The Hall–Kier alpha value is -2.01. The van der Waals surface area contributed by atoms with Crippen LogP contribution in [0.15, 0.2) is 24.3 Å². The fraction of sp³-hybridized carbons (Fsp3) is 0.250. The van der Waals surface area contributed by atoms with Crippen molar-refractivity contribution in [3.63, 3.8) is 0 Å². The van der Waals surface area contributed by atoms with E-state index in [2.05, 4.69) is 0 Å². The highest BCUT2D eigenvalue weighted by Crippen LogP contribution is 2.26. The molecule has 0 spiro atoms. The predicted molar refractivity (Wildman–Crippen MR) is 61.9 cm³/mol. The average Bonchev–Trinajstić information content (AvgIpc) is 2.39. The Morgan fingerprint density at radius 2 is 2.24 bits per heavy atom. The van der Waals surface area contributed by atoms with Crippen molar-refractivity contribution in [3.05, 3.63) is 45.5 Å². The first-order valence-electron chi connectivity index (χ1n) is 5.23. The highest BCUT2D eigenvalue weighted by atomic mass is 16.6. The van der Waals surface area contributed by atoms with Gasteiger partial charge in [0, 0.05) is 17.7 Å². The van der Waals surface area contributed by atoms with Crippen LogP contribution in [0.25, 0.3) is 5.57 Å². The van der Waals surface area contributed by atoms with Gasteiger partial charge in [-0.05, 0) is 23.6 Å². The molecule has 0 saturated carbocycles. The Bertz CT molecular complexity index is 493. The Morgan fingerprint density at radius 1 is 1.41 bits per heavy atom. The number of ether oxygens (including phenoxy) is 1. The van der Waals surface area contributed by atoms with Crippen LogP contribution in [-0.2, 0) is 4.74 Å². The van der Waals surface area contributed by atoms with Crippen LogP contribution in [0.3, 0.4) is 0 Å². The Morgan fingerprint density at radius 3 is 2.82 bits per heavy atom. The molecule has 5 heteroatoms. The smallest absolute Gasteiger partial charge is 0.270 e. The molecule has 1 aromatic rings. The molecule has 0 bridgehead atoms. The number of hydrogen-bond donors (Lipinski definition) is 0. The topological polar surface area (TPSA) is 69.4 Å². The molecular weight excluding hydrogens is 222 g/mol. The van der Waals surface area contributed by atoms with E-state index in [1.54, 1.807) is 6.07 Å². The van der Waals surface area contributed by atoms with Gasteiger partial charge in [0.25, 0.3) is 5.69 Å². The molecule has 1 aliphatic rings. The van der Waals surface area contributed by atoms with E-state index in [1.165, 1.54) is 12.1 Å². The SMILES string of the molecule is O=Cc1cc([N+](=O)[O-])ccc1C1=CCOCC1. The Balaban J connectivity index is 2.43. The van der Waals surface area contributed by atoms with Gasteiger partial charge in [0.2, 0.25) is 0 Å². The van der Waals surface area contributed by atoms with Gasteiger partial charge in [0.05, 0.1) is 18.1 Å². The minimum atomic E-state index is -0.505. The summed E-state index contributed by atoms with van der Waals surface area (Å²) in [5.41, 5.74) is 2.05. The lowest BCUT2D eigenvalue weighted by Crippen LogP contribution is -2.05. The van der Waals surface area contributed by atoms with E-state index in [4.69, 9.17) is 4.74 Å². The number of carbonyl (C=O) groups excluding carboxylic acids is 1. The van der Waals surface area contributed by atoms with Crippen LogP contribution in [0, 0.1) is 10.1 Å². The highest BCUT2D eigenvalue weighted by Gasteiger charge is 2.14. The molecule has 0 unspecified atom stereocenters. The first kappa shape index (κ1) is 11.5. The molecule has 0 aromatic heterocycles. The zero-order valence-electron chi connectivity index (χ0n) is 9.09. The number of aldehydes is 1. The number of hydrogen-bond acceptors (Lipinski definition) is 4. The van der Waals surface area contributed by atoms with E-state index < -0.39 is 4.92 Å². The second-order valence-corrected chi connectivity index (χ2v) is 3.70. The maximum atomic E-state index is 11.0. The van der Waals surface area contributed by atoms with E-state index in [0.29, 0.717) is 25.1 Å². The van der Waals surface area contributed by atoms with Crippen LogP contribution in [0.5, 0.6) is 0 Å². The summed E-state index contributed by atoms with van der Waals surface area (Å²) in [5.74, 6) is 0. The van der Waals surface area contributed by atoms with Gasteiger partial charge in [-0.3, -0.25) is 14.9 Å². The normalized spacial score (nSPS) is 15.2. The van der Waals surface area contributed by atoms with Crippen molar-refractivity contribution in [1.82, 2.24) is 0 Å². The minimum absolute atomic E-state index is 0.0662. The van der Waals surface area contributed by atoms with Crippen molar-refractivity contribution in [2.75, 3.05) is 13.2 Å². The number of carbonyl (C=O) groups is 1. The molecule has 2 rings (SSSR count). The zero-order chi connectivity index (χ0) is 12.3. The molecule has 0 N–H and O–H groups in total. The van der Waals surface area contributed by atoms with Crippen LogP contribution in [0.1, 0.15) is 22.3 Å². The number of nitrogens with zero attached hydrogens (tertiary/aromatic N) is 1. The van der Waals surface area contributed by atoms with Gasteiger partial charge >= 0.3 is 0 Å². The van der Waals surface area contributed by atoms with E-state index in [9.17, 15) is 14.9 Å². The van der Waals surface area contributed by atoms with Crippen molar-refractivity contribution in [1.29, 1.82) is 0 Å². The molecule has 0 fully saturated rings. The first-order chi connectivity index (χ1) is 8.22. The molecular formula is C12H11NO4. The Kier molecular flexibility index (Phi) is 3.30. The maximum Gasteiger partial charge on any atom is 0.270 e. The largest absolute Gasteiger partial charge is 0.377 e. The van der Waals surface area contributed by atoms with Gasteiger partial charge in [-0.1, -0.05) is 6.08 Å². The number of rotatable bonds is 3. The van der Waals surface area contributed by atoms with Crippen molar-refractivity contribution in [3.8, 4) is 0 Å². The fourth-order valence-corrected chi connectivity index (χ4v) is 1.83. The van der Waals surface area contributed by atoms with Gasteiger partial charge in [0.15, 0.2) is 6.29 Å². The molecule has 17 heavy (non-hydrogen) atoms. The molecule has 1 aromatic carbocycles. The van der Waals surface area contributed by atoms with Crippen LogP contribution in [0.4, 0.5) is 5.69 Å². The van der Waals surface area contributed by atoms with E-state index in [0.717, 1.165) is 17.6 Å². The fourth-order valence-electron chi connectivity index (χ4n) is 1.83. The third-order valence-electron chi connectivity index (χ3n) is 2.68. The monoisotopic (exact) mass is 233 g/mol. The van der Waals surface area contributed by atoms with Gasteiger partial charge in [0.1, 0.15) is 0 Å². The van der Waals surface area contributed by atoms with E-state index >= 15 is 0 Å². The third kappa shape index (κ3) is 2.39. The molecule has 0 amide bonds. The summed E-state index contributed by atoms with van der Waals surface area (Å²) in [6.07, 6.45) is 3.27. The molecule has 0 radical (unpaired) electrons. The first-order valence-corrected chi connectivity index (χ1v) is 5.23. The lowest BCUT2D eigenvalue weighted by Gasteiger charge is -2.14. The van der Waals surface area contributed by atoms with E-state index in [1.807, 2.05) is 6.08 Å². The summed E-state index contributed by atoms with van der Waals surface area (Å²) in [5, 5.41) is 10.6. The van der Waals surface area contributed by atoms with Crippen molar-refractivity contribution in [2.24, 2.45) is 0 Å². The number of benzene rings is 1. The van der Waals surface area contributed by atoms with Crippen LogP contribution in [-0.4, -0.2) is 24.4 Å². The highest BCUT2D eigenvalue weighted by molar-refractivity contribution is 5.86. The van der Waals surface area contributed by atoms with Crippen LogP contribution in [0.2, 0.25) is 0 Å². The maximum absolute atomic E-state index is 11.0. The van der Waals surface area contributed by atoms with Crippen molar-refractivity contribution < 1.29 is 14.5 Å². The summed E-state index contributed by atoms with van der Waals surface area (Å²) in [6.45, 7) is 1.13. The molecule has 1 aliphatic heterocycles. The van der Waals surface area contributed by atoms with Crippen LogP contribution >= 0.6 is 0 Å². The third-order valence-corrected chi connectivity index (χ3v) is 2.68. The zero-order valence-corrected chi connectivity index (χ0v) is 9.09. The predicted octanol–water partition coefficient (Wildman–Crippen LogP) is 2.21. The molecule has 0 atom stereocenters. The summed E-state index contributed by atoms with van der Waals surface area (Å²) < 4.78 is 5.18. The molecule has 5 nitrogen and oxygen atoms in total. The summed E-state index contributed by atoms with van der Waals surface area (Å²) in [7, 11) is 0. The van der Waals surface area contributed by atoms with Gasteiger partial charge in [-0.25, -0.2) is 0 Å². The van der Waals surface area contributed by atoms with Gasteiger partial charge in [-0.2, -0.15) is 0 Å². The second-order valence-electron chi connectivity index (χ2n) is 3.70. The van der Waals surface area contributed by atoms with E-state index in [-0.39, 0.29) is 5.69 Å². The summed E-state index contributed by atoms with van der Waals surface area (Å²) >= 11 is 0. The number of non-ortho nitro benzene ring substituents is 1.